The molecule has 2 aromatic heterocycles. The Morgan fingerprint density at radius 3 is 2.37 bits per heavy atom. The second-order valence-corrected chi connectivity index (χ2v) is 6.12. The Balaban J connectivity index is 2.22. The van der Waals surface area contributed by atoms with E-state index < -0.39 is 17.4 Å². The first-order valence-electron chi connectivity index (χ1n) is 7.96. The van der Waals surface area contributed by atoms with Crippen molar-refractivity contribution in [3.63, 3.8) is 0 Å². The highest BCUT2D eigenvalue weighted by molar-refractivity contribution is 5.66. The number of nitrogen functional groups attached to an aromatic ring is 1. The van der Waals surface area contributed by atoms with E-state index in [9.17, 15) is 23.1 Å². The van der Waals surface area contributed by atoms with Crippen molar-refractivity contribution in [1.29, 1.82) is 0 Å². The number of rotatable bonds is 2. The zero-order valence-corrected chi connectivity index (χ0v) is 14.5. The smallest absolute Gasteiger partial charge is 0.433 e. The monoisotopic (exact) mass is 375 g/mol. The van der Waals surface area contributed by atoms with E-state index in [-0.39, 0.29) is 22.7 Å². The Kier molecular flexibility index (Phi) is 4.43. The molecule has 2 heterocycles. The molecule has 27 heavy (non-hydrogen) atoms. The highest BCUT2D eigenvalue weighted by Crippen LogP contribution is 2.30. The van der Waals surface area contributed by atoms with E-state index in [4.69, 9.17) is 5.73 Å². The number of phenolic OH excluding ortho intramolecular Hbond substituents is 1. The zero-order chi connectivity index (χ0) is 19.9. The van der Waals surface area contributed by atoms with Crippen LogP contribution in [0.2, 0.25) is 0 Å². The Hall–Kier alpha value is -3.29. The van der Waals surface area contributed by atoms with Crippen LogP contribution in [0.15, 0.2) is 47.4 Å². The molecule has 0 amide bonds. The van der Waals surface area contributed by atoms with E-state index in [0.717, 1.165) is 12.3 Å². The highest BCUT2D eigenvalue weighted by Gasteiger charge is 2.32. The molecule has 0 bridgehead atoms. The summed E-state index contributed by atoms with van der Waals surface area (Å²) >= 11 is 0. The average molecular weight is 375 g/mol. The van der Waals surface area contributed by atoms with Gasteiger partial charge in [-0.1, -0.05) is 12.1 Å². The molecule has 3 N–H and O–H groups in total. The van der Waals surface area contributed by atoms with Gasteiger partial charge in [0.25, 0.3) is 5.56 Å². The molecule has 0 aliphatic heterocycles. The SMILES string of the molecule is Cc1ccc(O)c(C)c1-n1c(N)ccc(-c2ccc(C(F)(F)F)nc2)c1=O. The summed E-state index contributed by atoms with van der Waals surface area (Å²) in [6, 6.07) is 8.09. The third-order valence-electron chi connectivity index (χ3n) is 4.31. The number of benzene rings is 1. The fourth-order valence-corrected chi connectivity index (χ4v) is 2.89. The van der Waals surface area contributed by atoms with Gasteiger partial charge in [0.15, 0.2) is 0 Å². The molecule has 0 aliphatic rings. The van der Waals surface area contributed by atoms with Crippen LogP contribution in [0.5, 0.6) is 5.75 Å². The van der Waals surface area contributed by atoms with Gasteiger partial charge in [0.2, 0.25) is 0 Å². The topological polar surface area (TPSA) is 81.1 Å². The molecule has 0 fully saturated rings. The minimum Gasteiger partial charge on any atom is -0.508 e. The lowest BCUT2D eigenvalue weighted by molar-refractivity contribution is -0.141. The van der Waals surface area contributed by atoms with Crippen LogP contribution in [0.3, 0.4) is 0 Å². The lowest BCUT2D eigenvalue weighted by Crippen LogP contribution is -2.24. The fraction of sp³-hybridized carbons (Fsp3) is 0.158. The molecule has 0 atom stereocenters. The van der Waals surface area contributed by atoms with Crippen LogP contribution >= 0.6 is 0 Å². The minimum absolute atomic E-state index is 0.00324. The molecule has 0 saturated carbocycles. The van der Waals surface area contributed by atoms with Crippen molar-refractivity contribution >= 4 is 5.82 Å². The number of nitrogens with two attached hydrogens (primary N) is 1. The number of aromatic nitrogens is 2. The van der Waals surface area contributed by atoms with Gasteiger partial charge in [-0.25, -0.2) is 0 Å². The van der Waals surface area contributed by atoms with E-state index >= 15 is 0 Å². The first kappa shape index (κ1) is 18.5. The zero-order valence-electron chi connectivity index (χ0n) is 14.5. The van der Waals surface area contributed by atoms with Crippen LogP contribution in [0.1, 0.15) is 16.8 Å². The molecule has 0 radical (unpaired) electrons. The van der Waals surface area contributed by atoms with Gasteiger partial charge < -0.3 is 10.8 Å². The summed E-state index contributed by atoms with van der Waals surface area (Å²) in [4.78, 5) is 16.4. The Morgan fingerprint density at radius 2 is 1.78 bits per heavy atom. The van der Waals surface area contributed by atoms with Crippen LogP contribution in [0, 0.1) is 13.8 Å². The van der Waals surface area contributed by atoms with Crippen molar-refractivity contribution in [2.45, 2.75) is 20.0 Å². The van der Waals surface area contributed by atoms with Crippen LogP contribution < -0.4 is 11.3 Å². The molecule has 0 spiro atoms. The maximum atomic E-state index is 13.0. The molecule has 0 unspecified atom stereocenters. The van der Waals surface area contributed by atoms with E-state index in [1.54, 1.807) is 19.9 Å². The molecular weight excluding hydrogens is 359 g/mol. The van der Waals surface area contributed by atoms with E-state index in [2.05, 4.69) is 4.98 Å². The van der Waals surface area contributed by atoms with Crippen LogP contribution in [0.4, 0.5) is 19.0 Å². The van der Waals surface area contributed by atoms with Crippen molar-refractivity contribution in [1.82, 2.24) is 9.55 Å². The minimum atomic E-state index is -4.56. The standard InChI is InChI=1S/C19H16F3N3O2/c1-10-3-6-14(26)11(2)17(10)25-16(23)8-5-13(18(25)27)12-4-7-15(24-9-12)19(20,21)22/h3-9,26H,23H2,1-2H3. The first-order valence-corrected chi connectivity index (χ1v) is 7.96. The quantitative estimate of drug-likeness (QED) is 0.713. The molecule has 0 saturated heterocycles. The largest absolute Gasteiger partial charge is 0.508 e. The number of hydrogen-bond donors (Lipinski definition) is 2. The van der Waals surface area contributed by atoms with E-state index in [0.29, 0.717) is 16.8 Å². The molecule has 5 nitrogen and oxygen atoms in total. The number of phenols is 1. The average Bonchev–Trinajstić information content (AvgIpc) is 2.60. The summed E-state index contributed by atoms with van der Waals surface area (Å²) in [5.41, 5.74) is 6.41. The first-order chi connectivity index (χ1) is 12.6. The van der Waals surface area contributed by atoms with Gasteiger partial charge in [0.1, 0.15) is 17.3 Å². The Labute approximate surface area is 152 Å². The molecule has 3 rings (SSSR count). The molecule has 1 aromatic carbocycles. The van der Waals surface area contributed by atoms with Gasteiger partial charge >= 0.3 is 6.18 Å². The second kappa shape index (κ2) is 6.46. The Morgan fingerprint density at radius 1 is 1.07 bits per heavy atom. The van der Waals surface area contributed by atoms with Gasteiger partial charge in [-0.05, 0) is 43.7 Å². The summed E-state index contributed by atoms with van der Waals surface area (Å²) in [6.45, 7) is 3.41. The number of halogens is 3. The Bertz CT molecular complexity index is 1070. The normalized spacial score (nSPS) is 11.6. The maximum Gasteiger partial charge on any atom is 0.433 e. The van der Waals surface area contributed by atoms with Crippen molar-refractivity contribution in [2.24, 2.45) is 0 Å². The van der Waals surface area contributed by atoms with Crippen LogP contribution in [0.25, 0.3) is 16.8 Å². The number of anilines is 1. The molecular formula is C19H16F3N3O2. The van der Waals surface area contributed by atoms with Crippen LogP contribution in [-0.4, -0.2) is 14.7 Å². The van der Waals surface area contributed by atoms with Crippen LogP contribution in [-0.2, 0) is 6.18 Å². The van der Waals surface area contributed by atoms with Crippen molar-refractivity contribution in [3.05, 3.63) is 69.8 Å². The maximum absolute atomic E-state index is 13.0. The lowest BCUT2D eigenvalue weighted by Gasteiger charge is -2.17. The molecule has 3 aromatic rings. The second-order valence-electron chi connectivity index (χ2n) is 6.12. The fourth-order valence-electron chi connectivity index (χ4n) is 2.89. The van der Waals surface area contributed by atoms with E-state index in [1.807, 2.05) is 0 Å². The van der Waals surface area contributed by atoms with Crippen molar-refractivity contribution in [3.8, 4) is 22.6 Å². The predicted octanol–water partition coefficient (Wildman–Crippen LogP) is 3.82. The number of alkyl halides is 3. The molecule has 140 valence electrons. The third-order valence-corrected chi connectivity index (χ3v) is 4.31. The van der Waals surface area contributed by atoms with Crippen molar-refractivity contribution < 1.29 is 18.3 Å². The summed E-state index contributed by atoms with van der Waals surface area (Å²) in [5.74, 6) is 0.143. The van der Waals surface area contributed by atoms with Gasteiger partial charge in [-0.3, -0.25) is 14.3 Å². The number of nitrogens with zero attached hydrogens (tertiary/aromatic N) is 2. The van der Waals surface area contributed by atoms with Gasteiger partial charge in [-0.2, -0.15) is 13.2 Å². The van der Waals surface area contributed by atoms with Gasteiger partial charge in [-0.15, -0.1) is 0 Å². The summed E-state index contributed by atoms with van der Waals surface area (Å²) in [5, 5.41) is 9.99. The number of aromatic hydroxyl groups is 1. The highest BCUT2D eigenvalue weighted by atomic mass is 19.4. The number of hydrogen-bond acceptors (Lipinski definition) is 4. The predicted molar refractivity (Wildman–Crippen MR) is 95.8 cm³/mol. The summed E-state index contributed by atoms with van der Waals surface area (Å²) in [7, 11) is 0. The lowest BCUT2D eigenvalue weighted by atomic mass is 10.1. The number of aryl methyl sites for hydroxylation is 1. The summed E-state index contributed by atoms with van der Waals surface area (Å²) < 4.78 is 39.3. The molecule has 8 heteroatoms. The number of pyridine rings is 2. The third kappa shape index (κ3) is 3.25. The summed E-state index contributed by atoms with van der Waals surface area (Å²) in [6.07, 6.45) is -3.56. The van der Waals surface area contributed by atoms with E-state index in [1.165, 1.54) is 28.8 Å². The van der Waals surface area contributed by atoms with Gasteiger partial charge in [0, 0.05) is 22.9 Å². The van der Waals surface area contributed by atoms with Gasteiger partial charge in [0.05, 0.1) is 5.69 Å². The molecule has 0 aliphatic carbocycles. The van der Waals surface area contributed by atoms with Crippen molar-refractivity contribution in [2.75, 3.05) is 5.73 Å².